The fourth-order valence-electron chi connectivity index (χ4n) is 4.08. The van der Waals surface area contributed by atoms with Crippen LogP contribution in [-0.4, -0.2) is 53.9 Å². The molecule has 3 rings (SSSR count). The van der Waals surface area contributed by atoms with Gasteiger partial charge in [0.1, 0.15) is 5.82 Å². The summed E-state index contributed by atoms with van der Waals surface area (Å²) in [6, 6.07) is 3.96. The fourth-order valence-corrected chi connectivity index (χ4v) is 4.08. The summed E-state index contributed by atoms with van der Waals surface area (Å²) < 4.78 is 0. The molecule has 0 aromatic carbocycles. The standard InChI is InChI=1S/C20H30N4O2/c1-14(2)17-12-24(13-18(17)22-15(3)25)19-8-7-16(11-21-19)20(26)23-9-5-4-6-10-23/h7-8,11,14,17-18H,4-6,9-10,12-13H2,1-3H3,(H,22,25)/t17-,18+/m0/s1. The first-order chi connectivity index (χ1) is 12.5. The zero-order valence-corrected chi connectivity index (χ0v) is 16.1. The molecule has 0 radical (unpaired) electrons. The van der Waals surface area contributed by atoms with Crippen molar-refractivity contribution in [2.45, 2.75) is 46.1 Å². The van der Waals surface area contributed by atoms with E-state index >= 15 is 0 Å². The smallest absolute Gasteiger partial charge is 0.255 e. The number of piperidine rings is 1. The van der Waals surface area contributed by atoms with Crippen LogP contribution in [0.3, 0.4) is 0 Å². The lowest BCUT2D eigenvalue weighted by Gasteiger charge is -2.26. The molecule has 2 saturated heterocycles. The van der Waals surface area contributed by atoms with Gasteiger partial charge in [0.2, 0.25) is 5.91 Å². The number of nitrogens with one attached hydrogen (secondary N) is 1. The number of anilines is 1. The third-order valence-corrected chi connectivity index (χ3v) is 5.57. The van der Waals surface area contributed by atoms with Crippen molar-refractivity contribution in [1.29, 1.82) is 0 Å². The predicted octanol–water partition coefficient (Wildman–Crippen LogP) is 2.30. The van der Waals surface area contributed by atoms with E-state index in [0.717, 1.165) is 44.8 Å². The van der Waals surface area contributed by atoms with Crippen LogP contribution in [0, 0.1) is 11.8 Å². The highest BCUT2D eigenvalue weighted by molar-refractivity contribution is 5.94. The van der Waals surface area contributed by atoms with Gasteiger partial charge in [-0.1, -0.05) is 13.8 Å². The lowest BCUT2D eigenvalue weighted by atomic mass is 9.91. The van der Waals surface area contributed by atoms with Crippen LogP contribution >= 0.6 is 0 Å². The molecule has 0 aliphatic carbocycles. The molecule has 1 N–H and O–H groups in total. The van der Waals surface area contributed by atoms with E-state index in [1.165, 1.54) is 6.42 Å². The van der Waals surface area contributed by atoms with Crippen molar-refractivity contribution >= 4 is 17.6 Å². The van der Waals surface area contributed by atoms with Gasteiger partial charge in [-0.3, -0.25) is 9.59 Å². The molecule has 142 valence electrons. The van der Waals surface area contributed by atoms with E-state index < -0.39 is 0 Å². The molecule has 0 spiro atoms. The normalized spacial score (nSPS) is 23.4. The van der Waals surface area contributed by atoms with Crippen LogP contribution in [0.2, 0.25) is 0 Å². The van der Waals surface area contributed by atoms with Crippen molar-refractivity contribution in [1.82, 2.24) is 15.2 Å². The van der Waals surface area contributed by atoms with Crippen molar-refractivity contribution < 1.29 is 9.59 Å². The molecular formula is C20H30N4O2. The summed E-state index contributed by atoms with van der Waals surface area (Å²) in [6.07, 6.45) is 5.09. The zero-order chi connectivity index (χ0) is 18.7. The number of hydrogen-bond acceptors (Lipinski definition) is 4. The summed E-state index contributed by atoms with van der Waals surface area (Å²) in [5.41, 5.74) is 0.661. The van der Waals surface area contributed by atoms with Crippen LogP contribution in [0.15, 0.2) is 18.3 Å². The molecule has 6 heteroatoms. The zero-order valence-electron chi connectivity index (χ0n) is 16.1. The minimum absolute atomic E-state index is 0.0120. The number of pyridine rings is 1. The first-order valence-corrected chi connectivity index (χ1v) is 9.73. The molecule has 6 nitrogen and oxygen atoms in total. The summed E-state index contributed by atoms with van der Waals surface area (Å²) >= 11 is 0. The number of rotatable bonds is 4. The second-order valence-electron chi connectivity index (χ2n) is 7.88. The lowest BCUT2D eigenvalue weighted by molar-refractivity contribution is -0.119. The maximum absolute atomic E-state index is 12.6. The molecule has 1 aromatic heterocycles. The number of amides is 2. The maximum atomic E-state index is 12.6. The van der Waals surface area contributed by atoms with Crippen molar-refractivity contribution in [2.75, 3.05) is 31.1 Å². The third-order valence-electron chi connectivity index (χ3n) is 5.57. The lowest BCUT2D eigenvalue weighted by Crippen LogP contribution is -2.40. The maximum Gasteiger partial charge on any atom is 0.255 e. The van der Waals surface area contributed by atoms with Gasteiger partial charge in [-0.15, -0.1) is 0 Å². The number of aromatic nitrogens is 1. The summed E-state index contributed by atoms with van der Waals surface area (Å²) in [4.78, 5) is 32.8. The van der Waals surface area contributed by atoms with Gasteiger partial charge >= 0.3 is 0 Å². The molecule has 2 aliphatic heterocycles. The van der Waals surface area contributed by atoms with Gasteiger partial charge < -0.3 is 15.1 Å². The Balaban J connectivity index is 1.68. The minimum atomic E-state index is 0.0120. The molecule has 0 unspecified atom stereocenters. The number of nitrogens with zero attached hydrogens (tertiary/aromatic N) is 3. The van der Waals surface area contributed by atoms with Gasteiger partial charge in [-0.25, -0.2) is 4.98 Å². The van der Waals surface area contributed by atoms with Crippen LogP contribution < -0.4 is 10.2 Å². The number of hydrogen-bond donors (Lipinski definition) is 1. The highest BCUT2D eigenvalue weighted by Crippen LogP contribution is 2.28. The second kappa shape index (κ2) is 8.06. The van der Waals surface area contributed by atoms with Crippen molar-refractivity contribution in [3.05, 3.63) is 23.9 Å². The van der Waals surface area contributed by atoms with E-state index in [4.69, 9.17) is 0 Å². The Morgan fingerprint density at radius 1 is 1.15 bits per heavy atom. The Labute approximate surface area is 156 Å². The van der Waals surface area contributed by atoms with Crippen molar-refractivity contribution in [3.8, 4) is 0 Å². The molecule has 0 bridgehead atoms. The average Bonchev–Trinajstić information content (AvgIpc) is 3.05. The molecule has 2 atom stereocenters. The van der Waals surface area contributed by atoms with Gasteiger partial charge in [0.25, 0.3) is 5.91 Å². The van der Waals surface area contributed by atoms with Crippen LogP contribution in [0.5, 0.6) is 0 Å². The molecular weight excluding hydrogens is 328 g/mol. The molecule has 26 heavy (non-hydrogen) atoms. The van der Waals surface area contributed by atoms with Gasteiger partial charge in [-0.2, -0.15) is 0 Å². The number of likely N-dealkylation sites (tertiary alicyclic amines) is 1. The minimum Gasteiger partial charge on any atom is -0.354 e. The Morgan fingerprint density at radius 2 is 1.88 bits per heavy atom. The Bertz CT molecular complexity index is 638. The van der Waals surface area contributed by atoms with E-state index in [1.807, 2.05) is 17.0 Å². The first kappa shape index (κ1) is 18.7. The van der Waals surface area contributed by atoms with E-state index in [9.17, 15) is 9.59 Å². The monoisotopic (exact) mass is 358 g/mol. The largest absolute Gasteiger partial charge is 0.354 e. The SMILES string of the molecule is CC(=O)N[C@@H]1CN(c2ccc(C(=O)N3CCCCC3)cn2)C[C@H]1C(C)C. The molecule has 2 fully saturated rings. The molecule has 2 amide bonds. The van der Waals surface area contributed by atoms with E-state index in [0.29, 0.717) is 17.4 Å². The second-order valence-corrected chi connectivity index (χ2v) is 7.88. The predicted molar refractivity (Wildman–Crippen MR) is 102 cm³/mol. The topological polar surface area (TPSA) is 65.5 Å². The van der Waals surface area contributed by atoms with Gasteiger partial charge in [0.05, 0.1) is 11.6 Å². The first-order valence-electron chi connectivity index (χ1n) is 9.73. The fraction of sp³-hybridized carbons (Fsp3) is 0.650. The van der Waals surface area contributed by atoms with Crippen molar-refractivity contribution in [3.63, 3.8) is 0 Å². The summed E-state index contributed by atoms with van der Waals surface area (Å²) in [5.74, 6) is 1.85. The highest BCUT2D eigenvalue weighted by atomic mass is 16.2. The third kappa shape index (κ3) is 4.17. The van der Waals surface area contributed by atoms with Gasteiger partial charge in [-0.05, 0) is 37.3 Å². The van der Waals surface area contributed by atoms with E-state index in [2.05, 4.69) is 29.0 Å². The molecule has 2 aliphatic rings. The van der Waals surface area contributed by atoms with Crippen LogP contribution in [0.25, 0.3) is 0 Å². The van der Waals surface area contributed by atoms with Crippen LogP contribution in [0.4, 0.5) is 5.82 Å². The highest BCUT2D eigenvalue weighted by Gasteiger charge is 2.35. The van der Waals surface area contributed by atoms with E-state index in [-0.39, 0.29) is 17.9 Å². The quantitative estimate of drug-likeness (QED) is 0.897. The Hall–Kier alpha value is -2.11. The van der Waals surface area contributed by atoms with Gasteiger partial charge in [0.15, 0.2) is 0 Å². The van der Waals surface area contributed by atoms with Gasteiger partial charge in [0, 0.05) is 45.2 Å². The van der Waals surface area contributed by atoms with Crippen molar-refractivity contribution in [2.24, 2.45) is 11.8 Å². The number of carbonyl (C=O) groups is 2. The molecule has 1 aromatic rings. The van der Waals surface area contributed by atoms with Crippen LogP contribution in [0.1, 0.15) is 50.4 Å². The average molecular weight is 358 g/mol. The van der Waals surface area contributed by atoms with E-state index in [1.54, 1.807) is 13.1 Å². The molecule has 0 saturated carbocycles. The summed E-state index contributed by atoms with van der Waals surface area (Å²) in [5, 5.41) is 3.08. The molecule has 3 heterocycles. The Morgan fingerprint density at radius 3 is 2.46 bits per heavy atom. The van der Waals surface area contributed by atoms with Crippen LogP contribution in [-0.2, 0) is 4.79 Å². The number of carbonyl (C=O) groups excluding carboxylic acids is 2. The summed E-state index contributed by atoms with van der Waals surface area (Å²) in [6.45, 7) is 9.28. The summed E-state index contributed by atoms with van der Waals surface area (Å²) in [7, 11) is 0. The Kier molecular flexibility index (Phi) is 5.79.